The van der Waals surface area contributed by atoms with Crippen LogP contribution in [0.15, 0.2) is 24.9 Å². The maximum atomic E-state index is 14.9. The van der Waals surface area contributed by atoms with Crippen molar-refractivity contribution in [3.63, 3.8) is 0 Å². The maximum absolute atomic E-state index is 14.9. The number of hydrogen-bond acceptors (Lipinski definition) is 2. The third-order valence-corrected chi connectivity index (χ3v) is 5.83. The van der Waals surface area contributed by atoms with Gasteiger partial charge in [0.1, 0.15) is 10.8 Å². The molecular formula is C13H15ClFIN2. The lowest BCUT2D eigenvalue weighted by atomic mass is 9.79. The van der Waals surface area contributed by atoms with E-state index < -0.39 is 26.7 Å². The van der Waals surface area contributed by atoms with Crippen molar-refractivity contribution >= 4 is 38.2 Å². The van der Waals surface area contributed by atoms with Crippen LogP contribution in [0.1, 0.15) is 31.2 Å². The Labute approximate surface area is 122 Å². The second-order valence-corrected chi connectivity index (χ2v) is 7.37. The molecule has 18 heavy (non-hydrogen) atoms. The van der Waals surface area contributed by atoms with Gasteiger partial charge in [0, 0.05) is 10.1 Å². The van der Waals surface area contributed by atoms with Gasteiger partial charge in [0.05, 0.1) is 0 Å². The Morgan fingerprint density at radius 3 is 2.67 bits per heavy atom. The minimum atomic E-state index is -1.33. The van der Waals surface area contributed by atoms with E-state index in [-0.39, 0.29) is 0 Å². The predicted octanol–water partition coefficient (Wildman–Crippen LogP) is 5.13. The van der Waals surface area contributed by atoms with Gasteiger partial charge in [-0.1, -0.05) is 24.2 Å². The fraction of sp³-hybridized carbons (Fsp3) is 0.462. The third kappa shape index (κ3) is 2.96. The first kappa shape index (κ1) is 14.1. The zero-order valence-corrected chi connectivity index (χ0v) is 12.8. The fourth-order valence-corrected chi connectivity index (χ4v) is 3.62. The maximum Gasteiger partial charge on any atom is 0.136 e. The standard InChI is InChI=1S/C13H15ClFIN2/c1-9(10-2-3-12(14)18-8-10)13(15)6-4-11(16-17)5-7-13/h2-3,8,11,17H,1,4-7H2. The van der Waals surface area contributed by atoms with Crippen LogP contribution in [-0.4, -0.2) is 14.6 Å². The molecule has 0 aromatic carbocycles. The van der Waals surface area contributed by atoms with Crippen molar-refractivity contribution in [2.45, 2.75) is 35.3 Å². The van der Waals surface area contributed by atoms with Gasteiger partial charge in [0.2, 0.25) is 0 Å². The molecule has 1 aromatic rings. The van der Waals surface area contributed by atoms with Crippen LogP contribution in [0.2, 0.25) is 5.15 Å². The molecule has 0 bridgehead atoms. The molecule has 1 aliphatic rings. The van der Waals surface area contributed by atoms with Crippen LogP contribution >= 0.6 is 32.6 Å². The van der Waals surface area contributed by atoms with Gasteiger partial charge in [0.25, 0.3) is 0 Å². The number of rotatable bonds is 3. The van der Waals surface area contributed by atoms with Crippen molar-refractivity contribution < 1.29 is 4.39 Å². The van der Waals surface area contributed by atoms with Crippen LogP contribution in [0.3, 0.4) is 0 Å². The van der Waals surface area contributed by atoms with E-state index in [0.717, 1.165) is 18.4 Å². The van der Waals surface area contributed by atoms with Crippen molar-refractivity contribution in [1.82, 2.24) is 4.98 Å². The topological polar surface area (TPSA) is 36.7 Å². The van der Waals surface area contributed by atoms with Gasteiger partial charge in [-0.2, -0.15) is 0 Å². The summed E-state index contributed by atoms with van der Waals surface area (Å²) < 4.78 is 22.8. The van der Waals surface area contributed by atoms with Gasteiger partial charge in [-0.25, -0.2) is 9.37 Å². The summed E-state index contributed by atoms with van der Waals surface area (Å²) in [6.07, 6.45) is 4.17. The van der Waals surface area contributed by atoms with E-state index in [9.17, 15) is 4.39 Å². The average molecular weight is 381 g/mol. The second kappa shape index (κ2) is 5.74. The summed E-state index contributed by atoms with van der Waals surface area (Å²) in [7, 11) is 0. The minimum Gasteiger partial charge on any atom is -0.278 e. The summed E-state index contributed by atoms with van der Waals surface area (Å²) in [4.78, 5) is 3.97. The highest BCUT2D eigenvalue weighted by Gasteiger charge is 2.38. The molecule has 0 saturated heterocycles. The van der Waals surface area contributed by atoms with E-state index in [0.29, 0.717) is 27.5 Å². The SMILES string of the molecule is C=C(c1ccc(Cl)nc1)C1(F)CCC(I=N)CC1. The highest BCUT2D eigenvalue weighted by atomic mass is 127. The third-order valence-electron chi connectivity index (χ3n) is 3.48. The number of nitrogens with zero attached hydrogens (tertiary/aromatic N) is 1. The number of nitrogens with one attached hydrogen (secondary N) is 1. The van der Waals surface area contributed by atoms with E-state index in [2.05, 4.69) is 11.6 Å². The molecule has 98 valence electrons. The Morgan fingerprint density at radius 1 is 1.50 bits per heavy atom. The summed E-state index contributed by atoms with van der Waals surface area (Å²) in [5.41, 5.74) is -0.0977. The van der Waals surface area contributed by atoms with Crippen LogP contribution in [0.5, 0.6) is 0 Å². The number of pyridine rings is 1. The van der Waals surface area contributed by atoms with Crippen molar-refractivity contribution in [3.05, 3.63) is 35.6 Å². The Morgan fingerprint density at radius 2 is 2.17 bits per heavy atom. The molecule has 0 radical (unpaired) electrons. The fourth-order valence-electron chi connectivity index (χ4n) is 2.26. The summed E-state index contributed by atoms with van der Waals surface area (Å²) in [5, 5.41) is 0.405. The number of aromatic nitrogens is 1. The minimum absolute atomic E-state index is 0.405. The largest absolute Gasteiger partial charge is 0.278 e. The lowest BCUT2D eigenvalue weighted by Gasteiger charge is -2.33. The molecule has 1 saturated carbocycles. The molecule has 1 aromatic heterocycles. The van der Waals surface area contributed by atoms with E-state index in [1.54, 1.807) is 18.3 Å². The summed E-state index contributed by atoms with van der Waals surface area (Å²) in [6.45, 7) is 3.90. The molecule has 0 atom stereocenters. The van der Waals surface area contributed by atoms with E-state index in [1.165, 1.54) is 0 Å². The lowest BCUT2D eigenvalue weighted by molar-refractivity contribution is 0.180. The van der Waals surface area contributed by atoms with Crippen molar-refractivity contribution in [2.24, 2.45) is 0 Å². The first-order chi connectivity index (χ1) is 8.55. The Bertz CT molecular complexity index is 453. The number of halogens is 3. The van der Waals surface area contributed by atoms with E-state index in [4.69, 9.17) is 15.2 Å². The van der Waals surface area contributed by atoms with Gasteiger partial charge >= 0.3 is 0 Å². The molecule has 0 aliphatic heterocycles. The van der Waals surface area contributed by atoms with Gasteiger partial charge in [-0.05, 0) is 63.9 Å². The molecule has 1 fully saturated rings. The van der Waals surface area contributed by atoms with Crippen molar-refractivity contribution in [3.8, 4) is 0 Å². The predicted molar refractivity (Wildman–Crippen MR) is 81.1 cm³/mol. The molecule has 0 spiro atoms. The van der Waals surface area contributed by atoms with E-state index >= 15 is 0 Å². The summed E-state index contributed by atoms with van der Waals surface area (Å²) in [6, 6.07) is 3.43. The van der Waals surface area contributed by atoms with Gasteiger partial charge in [0.15, 0.2) is 0 Å². The van der Waals surface area contributed by atoms with Gasteiger partial charge < -0.3 is 0 Å². The molecule has 1 aliphatic carbocycles. The van der Waals surface area contributed by atoms with Gasteiger partial charge in [-0.15, -0.1) is 0 Å². The van der Waals surface area contributed by atoms with Crippen LogP contribution in [0, 0.1) is 3.56 Å². The zero-order valence-electron chi connectivity index (χ0n) is 9.93. The van der Waals surface area contributed by atoms with Crippen LogP contribution in [-0.2, 0) is 0 Å². The smallest absolute Gasteiger partial charge is 0.136 e. The van der Waals surface area contributed by atoms with Crippen molar-refractivity contribution in [2.75, 3.05) is 0 Å². The average Bonchev–Trinajstić information content (AvgIpc) is 2.40. The number of allylic oxidation sites excluding steroid dienone is 1. The normalized spacial score (nSPS) is 28.0. The van der Waals surface area contributed by atoms with Gasteiger partial charge in [-0.3, -0.25) is 3.56 Å². The highest BCUT2D eigenvalue weighted by Crippen LogP contribution is 2.44. The second-order valence-electron chi connectivity index (χ2n) is 4.60. The Kier molecular flexibility index (Phi) is 4.48. The summed E-state index contributed by atoms with van der Waals surface area (Å²) in [5.74, 6) is 0. The molecule has 5 heteroatoms. The number of alkyl halides is 2. The first-order valence-corrected chi connectivity index (χ1v) is 8.55. The summed E-state index contributed by atoms with van der Waals surface area (Å²) >= 11 is 5.21. The molecule has 2 rings (SSSR count). The molecule has 1 heterocycles. The lowest BCUT2D eigenvalue weighted by Crippen LogP contribution is -2.31. The molecule has 0 unspecified atom stereocenters. The first-order valence-electron chi connectivity index (χ1n) is 5.84. The van der Waals surface area contributed by atoms with Crippen LogP contribution in [0.25, 0.3) is 5.57 Å². The zero-order chi connectivity index (χ0) is 13.2. The van der Waals surface area contributed by atoms with E-state index in [1.807, 2.05) is 0 Å². The van der Waals surface area contributed by atoms with Crippen LogP contribution < -0.4 is 0 Å². The van der Waals surface area contributed by atoms with Crippen LogP contribution in [0.4, 0.5) is 4.39 Å². The number of hydrogen-bond donors (Lipinski definition) is 1. The monoisotopic (exact) mass is 380 g/mol. The molecular weight excluding hydrogens is 366 g/mol. The molecule has 0 amide bonds. The van der Waals surface area contributed by atoms with Crippen molar-refractivity contribution in [1.29, 1.82) is 3.56 Å². The molecule has 1 N–H and O–H groups in total. The Hall–Kier alpha value is -0.360. The quantitative estimate of drug-likeness (QED) is 0.440. The highest BCUT2D eigenvalue weighted by molar-refractivity contribution is 14.1. The molecule has 2 nitrogen and oxygen atoms in total. The Balaban J connectivity index is 2.13.